The minimum atomic E-state index is -0.468. The molecule has 0 aromatic heterocycles. The second-order valence-electron chi connectivity index (χ2n) is 11.1. The van der Waals surface area contributed by atoms with Crippen LogP contribution in [0.3, 0.4) is 0 Å². The maximum absolute atomic E-state index is 14.0. The van der Waals surface area contributed by atoms with Gasteiger partial charge in [0.15, 0.2) is 0 Å². The number of amides is 2. The van der Waals surface area contributed by atoms with Crippen LogP contribution in [0, 0.1) is 11.8 Å². The van der Waals surface area contributed by atoms with Gasteiger partial charge in [0.2, 0.25) is 11.8 Å². The maximum Gasteiger partial charge on any atom is 0.245 e. The molecular formula is C30H41N3O2S. The summed E-state index contributed by atoms with van der Waals surface area (Å²) in [5.41, 5.74) is 2.64. The smallest absolute Gasteiger partial charge is 0.245 e. The van der Waals surface area contributed by atoms with Crippen molar-refractivity contribution >= 4 is 23.6 Å². The van der Waals surface area contributed by atoms with Crippen LogP contribution < -0.4 is 10.6 Å². The first-order valence-corrected chi connectivity index (χ1v) is 14.9. The molecule has 6 heteroatoms. The molecule has 1 aromatic rings. The molecule has 2 aliphatic carbocycles. The summed E-state index contributed by atoms with van der Waals surface area (Å²) < 4.78 is 0. The molecule has 194 valence electrons. The minimum Gasteiger partial charge on any atom is -0.343 e. The molecule has 2 fully saturated rings. The lowest BCUT2D eigenvalue weighted by Crippen LogP contribution is -2.58. The highest BCUT2D eigenvalue weighted by Crippen LogP contribution is 2.32. The van der Waals surface area contributed by atoms with Crippen LogP contribution in [-0.2, 0) is 22.4 Å². The van der Waals surface area contributed by atoms with Gasteiger partial charge in [0.1, 0.15) is 6.04 Å². The van der Waals surface area contributed by atoms with E-state index < -0.39 is 6.04 Å². The molecule has 1 saturated carbocycles. The summed E-state index contributed by atoms with van der Waals surface area (Å²) in [7, 11) is 0. The lowest BCUT2D eigenvalue weighted by Gasteiger charge is -2.34. The molecular weight excluding hydrogens is 466 g/mol. The monoisotopic (exact) mass is 507 g/mol. The molecule has 2 heterocycles. The summed E-state index contributed by atoms with van der Waals surface area (Å²) in [6.45, 7) is 3.65. The standard InChI is InChI=1S/C30H41N3O2S/c1-21-10-9-16-33(21)30(35)28(25-18-23-13-5-6-14-24(23)19-25)32-29(34)27(22-11-3-2-4-12-22)31-20-26-15-7-8-17-36-26/h5-6,8,13-15,17,21-22,25,27-28,31H,2-4,7,9-12,16,18-20H2,1H3,(H,32,34). The van der Waals surface area contributed by atoms with E-state index in [0.717, 1.165) is 51.5 Å². The van der Waals surface area contributed by atoms with E-state index >= 15 is 0 Å². The normalized spacial score (nSPS) is 24.3. The van der Waals surface area contributed by atoms with Gasteiger partial charge in [0.05, 0.1) is 6.04 Å². The van der Waals surface area contributed by atoms with Gasteiger partial charge in [-0.2, -0.15) is 0 Å². The van der Waals surface area contributed by atoms with Crippen LogP contribution >= 0.6 is 11.8 Å². The fraction of sp³-hybridized carbons (Fsp3) is 0.600. The van der Waals surface area contributed by atoms with E-state index in [4.69, 9.17) is 0 Å². The first-order chi connectivity index (χ1) is 17.6. The van der Waals surface area contributed by atoms with Crippen molar-refractivity contribution in [1.82, 2.24) is 15.5 Å². The molecule has 2 aliphatic heterocycles. The largest absolute Gasteiger partial charge is 0.343 e. The average Bonchev–Trinajstić information content (AvgIpc) is 3.54. The average molecular weight is 508 g/mol. The Morgan fingerprint density at radius 1 is 1.00 bits per heavy atom. The van der Waals surface area contributed by atoms with E-state index in [1.807, 2.05) is 4.90 Å². The molecule has 5 nitrogen and oxygen atoms in total. The lowest BCUT2D eigenvalue weighted by atomic mass is 9.83. The molecule has 36 heavy (non-hydrogen) atoms. The van der Waals surface area contributed by atoms with Crippen LogP contribution in [0.2, 0.25) is 0 Å². The molecule has 0 spiro atoms. The number of likely N-dealkylation sites (tertiary alicyclic amines) is 1. The molecule has 1 saturated heterocycles. The summed E-state index contributed by atoms with van der Waals surface area (Å²) in [6, 6.07) is 8.03. The van der Waals surface area contributed by atoms with Gasteiger partial charge < -0.3 is 15.5 Å². The summed E-state index contributed by atoms with van der Waals surface area (Å²) in [6.07, 6.45) is 14.9. The topological polar surface area (TPSA) is 61.4 Å². The van der Waals surface area contributed by atoms with E-state index in [-0.39, 0.29) is 29.8 Å². The number of fused-ring (bicyclic) bond motifs is 1. The predicted octanol–water partition coefficient (Wildman–Crippen LogP) is 4.97. The van der Waals surface area contributed by atoms with Gasteiger partial charge in [-0.1, -0.05) is 55.7 Å². The SMILES string of the molecule is CC1CCCN1C(=O)C(NC(=O)C(NCC1=CCC=CS1)C1CCCCC1)C1Cc2ccccc2C1. The molecule has 5 rings (SSSR count). The Labute approximate surface area is 220 Å². The van der Waals surface area contributed by atoms with Crippen molar-refractivity contribution in [2.75, 3.05) is 13.1 Å². The Kier molecular flexibility index (Phi) is 8.53. The van der Waals surface area contributed by atoms with Gasteiger partial charge >= 0.3 is 0 Å². The summed E-state index contributed by atoms with van der Waals surface area (Å²) in [5, 5.41) is 9.11. The first-order valence-electron chi connectivity index (χ1n) is 14.0. The third-order valence-electron chi connectivity index (χ3n) is 8.65. The Bertz CT molecular complexity index is 975. The van der Waals surface area contributed by atoms with Gasteiger partial charge in [-0.25, -0.2) is 0 Å². The molecule has 2 amide bonds. The fourth-order valence-corrected chi connectivity index (χ4v) is 7.34. The summed E-state index contributed by atoms with van der Waals surface area (Å²) >= 11 is 1.74. The second kappa shape index (κ2) is 12.0. The minimum absolute atomic E-state index is 0.0139. The zero-order valence-corrected chi connectivity index (χ0v) is 22.4. The quantitative estimate of drug-likeness (QED) is 0.522. The number of thioether (sulfide) groups is 1. The van der Waals surface area contributed by atoms with Crippen LogP contribution in [-0.4, -0.2) is 47.9 Å². The number of nitrogens with zero attached hydrogens (tertiary/aromatic N) is 1. The number of benzene rings is 1. The van der Waals surface area contributed by atoms with Crippen LogP contribution in [0.25, 0.3) is 0 Å². The van der Waals surface area contributed by atoms with E-state index in [1.165, 1.54) is 35.3 Å². The lowest BCUT2D eigenvalue weighted by molar-refractivity contribution is -0.139. The molecule has 3 unspecified atom stereocenters. The van der Waals surface area contributed by atoms with Crippen LogP contribution in [0.4, 0.5) is 0 Å². The zero-order chi connectivity index (χ0) is 24.9. The van der Waals surface area contributed by atoms with Gasteiger partial charge in [0, 0.05) is 19.1 Å². The molecule has 3 atom stereocenters. The highest BCUT2D eigenvalue weighted by atomic mass is 32.2. The van der Waals surface area contributed by atoms with E-state index in [0.29, 0.717) is 12.5 Å². The number of nitrogens with one attached hydrogen (secondary N) is 2. The number of carbonyl (C=O) groups excluding carboxylic acids is 2. The molecule has 1 aromatic carbocycles. The van der Waals surface area contributed by atoms with Crippen molar-refractivity contribution in [2.45, 2.75) is 89.3 Å². The molecule has 4 aliphatic rings. The van der Waals surface area contributed by atoms with Crippen molar-refractivity contribution in [3.8, 4) is 0 Å². The van der Waals surface area contributed by atoms with Crippen molar-refractivity contribution in [3.05, 3.63) is 57.9 Å². The molecule has 0 bridgehead atoms. The van der Waals surface area contributed by atoms with Crippen LogP contribution in [0.1, 0.15) is 69.4 Å². The van der Waals surface area contributed by atoms with E-state index in [2.05, 4.69) is 59.4 Å². The Morgan fingerprint density at radius 3 is 2.39 bits per heavy atom. The summed E-state index contributed by atoms with van der Waals surface area (Å²) in [5.74, 6) is 0.565. The van der Waals surface area contributed by atoms with Crippen molar-refractivity contribution in [3.63, 3.8) is 0 Å². The Morgan fingerprint density at radius 2 is 1.75 bits per heavy atom. The van der Waals surface area contributed by atoms with Crippen molar-refractivity contribution in [2.24, 2.45) is 11.8 Å². The summed E-state index contributed by atoms with van der Waals surface area (Å²) in [4.78, 5) is 31.2. The third-order valence-corrected chi connectivity index (χ3v) is 9.59. The number of hydrogen-bond acceptors (Lipinski definition) is 4. The fourth-order valence-electron chi connectivity index (χ4n) is 6.60. The third kappa shape index (κ3) is 5.91. The first kappa shape index (κ1) is 25.6. The predicted molar refractivity (Wildman–Crippen MR) is 147 cm³/mol. The zero-order valence-electron chi connectivity index (χ0n) is 21.6. The van der Waals surface area contributed by atoms with Gasteiger partial charge in [0.25, 0.3) is 0 Å². The number of carbonyl (C=O) groups is 2. The highest BCUT2D eigenvalue weighted by molar-refractivity contribution is 8.05. The van der Waals surface area contributed by atoms with Crippen LogP contribution in [0.5, 0.6) is 0 Å². The van der Waals surface area contributed by atoms with E-state index in [1.54, 1.807) is 11.8 Å². The second-order valence-corrected chi connectivity index (χ2v) is 12.1. The Balaban J connectivity index is 1.34. The van der Waals surface area contributed by atoms with Gasteiger partial charge in [-0.15, -0.1) is 11.8 Å². The van der Waals surface area contributed by atoms with Crippen molar-refractivity contribution < 1.29 is 9.59 Å². The number of rotatable bonds is 8. The number of hydrogen-bond donors (Lipinski definition) is 2. The van der Waals surface area contributed by atoms with Crippen molar-refractivity contribution in [1.29, 1.82) is 0 Å². The number of allylic oxidation sites excluding steroid dienone is 2. The highest BCUT2D eigenvalue weighted by Gasteiger charge is 2.40. The van der Waals surface area contributed by atoms with Crippen LogP contribution in [0.15, 0.2) is 46.7 Å². The van der Waals surface area contributed by atoms with Gasteiger partial charge in [-0.3, -0.25) is 9.59 Å². The molecule has 0 radical (unpaired) electrons. The maximum atomic E-state index is 14.0. The molecule has 2 N–H and O–H groups in total. The Hall–Kier alpha value is -2.05. The van der Waals surface area contributed by atoms with E-state index in [9.17, 15) is 9.59 Å². The van der Waals surface area contributed by atoms with Gasteiger partial charge in [-0.05, 0) is 85.1 Å².